The van der Waals surface area contributed by atoms with Crippen LogP contribution in [-0.4, -0.2) is 63.6 Å². The topological polar surface area (TPSA) is 137 Å². The molecule has 3 N–H and O–H groups in total. The van der Waals surface area contributed by atoms with Crippen LogP contribution in [0.25, 0.3) is 10.9 Å². The van der Waals surface area contributed by atoms with Crippen LogP contribution in [0.5, 0.6) is 0 Å². The van der Waals surface area contributed by atoms with E-state index in [0.29, 0.717) is 65.4 Å². The van der Waals surface area contributed by atoms with Gasteiger partial charge in [0.15, 0.2) is 5.82 Å². The number of aromatic nitrogens is 4. The second kappa shape index (κ2) is 11.5. The van der Waals surface area contributed by atoms with E-state index in [-0.39, 0.29) is 36.1 Å². The van der Waals surface area contributed by atoms with Crippen LogP contribution in [0.3, 0.4) is 0 Å². The molecule has 3 aliphatic rings. The van der Waals surface area contributed by atoms with Gasteiger partial charge in [-0.3, -0.25) is 24.4 Å². The Morgan fingerprint density at radius 3 is 2.70 bits per heavy atom. The average Bonchev–Trinajstić information content (AvgIpc) is 3.49. The van der Waals surface area contributed by atoms with Crippen molar-refractivity contribution in [1.29, 1.82) is 0 Å². The fourth-order valence-corrected chi connectivity index (χ4v) is 6.86. The van der Waals surface area contributed by atoms with Crippen LogP contribution in [0.1, 0.15) is 43.4 Å². The molecule has 0 radical (unpaired) electrons. The van der Waals surface area contributed by atoms with E-state index >= 15 is 0 Å². The molecule has 14 heteroatoms. The van der Waals surface area contributed by atoms with Crippen LogP contribution in [0.2, 0.25) is 5.02 Å². The lowest BCUT2D eigenvalue weighted by molar-refractivity contribution is -0.134. The van der Waals surface area contributed by atoms with Crippen LogP contribution < -0.4 is 25.8 Å². The number of benzene rings is 2. The number of carbonyl (C=O) groups excluding carboxylic acids is 3. The molecule has 46 heavy (non-hydrogen) atoms. The summed E-state index contributed by atoms with van der Waals surface area (Å²) in [5.74, 6) is -0.509. The number of fused-ring (bicyclic) bond motifs is 2. The summed E-state index contributed by atoms with van der Waals surface area (Å²) >= 11 is 6.43. The highest BCUT2D eigenvalue weighted by atomic mass is 35.5. The van der Waals surface area contributed by atoms with Crippen molar-refractivity contribution in [2.45, 2.75) is 44.6 Å². The van der Waals surface area contributed by atoms with Gasteiger partial charge in [-0.05, 0) is 54.7 Å². The van der Waals surface area contributed by atoms with Crippen molar-refractivity contribution < 1.29 is 18.8 Å². The molecule has 2 aromatic heterocycles. The summed E-state index contributed by atoms with van der Waals surface area (Å²) in [6.45, 7) is 3.58. The van der Waals surface area contributed by atoms with Gasteiger partial charge in [0.1, 0.15) is 10.8 Å². The van der Waals surface area contributed by atoms with E-state index in [0.717, 1.165) is 23.0 Å². The molecule has 2 fully saturated rings. The highest BCUT2D eigenvalue weighted by Gasteiger charge is 2.33. The quantitative estimate of drug-likeness (QED) is 0.263. The second-order valence-electron chi connectivity index (χ2n) is 12.3. The van der Waals surface area contributed by atoms with Gasteiger partial charge in [0.25, 0.3) is 0 Å². The summed E-state index contributed by atoms with van der Waals surface area (Å²) in [5.41, 5.74) is 3.92. The van der Waals surface area contributed by atoms with E-state index in [1.165, 1.54) is 17.2 Å². The third-order valence-electron chi connectivity index (χ3n) is 9.18. The Balaban J connectivity index is 1.03. The van der Waals surface area contributed by atoms with E-state index < -0.39 is 11.7 Å². The van der Waals surface area contributed by atoms with Crippen LogP contribution in [0, 0.1) is 11.7 Å². The number of nitrogens with one attached hydrogen (secondary N) is 3. The predicted octanol–water partition coefficient (Wildman–Crippen LogP) is 4.27. The van der Waals surface area contributed by atoms with Crippen molar-refractivity contribution in [3.8, 4) is 0 Å². The molecule has 3 amide bonds. The summed E-state index contributed by atoms with van der Waals surface area (Å²) in [5, 5.41) is 15.1. The molecule has 7 rings (SSSR count). The Morgan fingerprint density at radius 1 is 1.09 bits per heavy atom. The number of amides is 3. The molecule has 0 aliphatic carbocycles. The number of hydrogen-bond donors (Lipinski definition) is 3. The monoisotopic (exact) mass is 645 g/mol. The largest absolute Gasteiger partial charge is 0.382 e. The maximum atomic E-state index is 14.8. The van der Waals surface area contributed by atoms with E-state index in [1.807, 2.05) is 25.2 Å². The molecule has 2 aromatic carbocycles. The molecule has 0 bridgehead atoms. The van der Waals surface area contributed by atoms with Crippen LogP contribution in [-0.2, 0) is 27.9 Å². The predicted molar refractivity (Wildman–Crippen MR) is 173 cm³/mol. The van der Waals surface area contributed by atoms with Crippen LogP contribution >= 0.6 is 11.6 Å². The lowest BCUT2D eigenvalue weighted by Gasteiger charge is -2.37. The maximum Gasteiger partial charge on any atom is 0.235 e. The molecule has 3 aliphatic heterocycles. The molecule has 12 nitrogen and oxygen atoms in total. The van der Waals surface area contributed by atoms with Gasteiger partial charge in [-0.15, -0.1) is 0 Å². The Labute approximate surface area is 269 Å². The zero-order valence-corrected chi connectivity index (χ0v) is 26.4. The summed E-state index contributed by atoms with van der Waals surface area (Å²) < 4.78 is 16.6. The molecule has 0 spiro atoms. The minimum Gasteiger partial charge on any atom is -0.382 e. The van der Waals surface area contributed by atoms with Gasteiger partial charge >= 0.3 is 0 Å². The molecule has 0 unspecified atom stereocenters. The number of rotatable bonds is 6. The van der Waals surface area contributed by atoms with Crippen molar-refractivity contribution in [1.82, 2.24) is 25.1 Å². The zero-order chi connectivity index (χ0) is 32.3. The third-order valence-corrected chi connectivity index (χ3v) is 9.45. The summed E-state index contributed by atoms with van der Waals surface area (Å²) in [7, 11) is 3.43. The molecule has 2 saturated heterocycles. The summed E-state index contributed by atoms with van der Waals surface area (Å²) in [4.78, 5) is 48.8. The minimum absolute atomic E-state index is 0.140. The van der Waals surface area contributed by atoms with Gasteiger partial charge in [-0.2, -0.15) is 10.1 Å². The van der Waals surface area contributed by atoms with Gasteiger partial charge in [-0.25, -0.2) is 9.37 Å². The number of anilines is 5. The Hall–Kier alpha value is -4.78. The molecule has 238 valence electrons. The highest BCUT2D eigenvalue weighted by molar-refractivity contribution is 6.33. The number of carbonyl (C=O) groups is 3. The lowest BCUT2D eigenvalue weighted by atomic mass is 9.92. The standard InChI is InChI=1S/C32H33ClFN9O3/c1-16-15-43(32-35-14-22(33)30(39-32)37-19-10-17-11-27(45)41(2)29(17)23(34)12-19)9-8-24(16)36-18-4-5-20-25(13-18)42(3)40-28(20)21-6-7-26(44)38-31(21)46/h4-5,10,12-14,16,21,24,36H,6-9,11,15H2,1-3H3,(H,35,37,39)(H,38,44,46)/t16-,21+,24-/m1/s1. The first-order valence-corrected chi connectivity index (χ1v) is 15.6. The highest BCUT2D eigenvalue weighted by Crippen LogP contribution is 2.36. The van der Waals surface area contributed by atoms with Gasteiger partial charge < -0.3 is 20.4 Å². The normalized spacial score (nSPS) is 21.5. The van der Waals surface area contributed by atoms with Crippen LogP contribution in [0.4, 0.5) is 33.2 Å². The van der Waals surface area contributed by atoms with Crippen molar-refractivity contribution in [3.05, 3.63) is 58.6 Å². The van der Waals surface area contributed by atoms with Gasteiger partial charge in [-0.1, -0.05) is 18.5 Å². The molecular formula is C32H33ClFN9O3. The number of hydrogen-bond acceptors (Lipinski definition) is 9. The first kappa shape index (κ1) is 29.9. The molecule has 5 heterocycles. The Bertz CT molecular complexity index is 1910. The summed E-state index contributed by atoms with van der Waals surface area (Å²) in [6, 6.07) is 9.32. The molecule has 0 saturated carbocycles. The third kappa shape index (κ3) is 5.38. The number of imide groups is 1. The van der Waals surface area contributed by atoms with E-state index in [1.54, 1.807) is 17.8 Å². The van der Waals surface area contributed by atoms with Gasteiger partial charge in [0.05, 0.1) is 35.4 Å². The first-order valence-electron chi connectivity index (χ1n) is 15.3. The molecule has 3 atom stereocenters. The fourth-order valence-electron chi connectivity index (χ4n) is 6.72. The van der Waals surface area contributed by atoms with E-state index in [2.05, 4.69) is 42.8 Å². The zero-order valence-electron chi connectivity index (χ0n) is 25.6. The minimum atomic E-state index is -0.487. The first-order chi connectivity index (χ1) is 22.0. The summed E-state index contributed by atoms with van der Waals surface area (Å²) in [6.07, 6.45) is 3.27. The molecular weight excluding hydrogens is 613 g/mol. The second-order valence-corrected chi connectivity index (χ2v) is 12.7. The van der Waals surface area contributed by atoms with Crippen molar-refractivity contribution in [2.75, 3.05) is 40.6 Å². The number of aryl methyl sites for hydroxylation is 1. The van der Waals surface area contributed by atoms with Crippen molar-refractivity contribution in [2.24, 2.45) is 13.0 Å². The number of halogens is 2. The number of piperidine rings is 2. The van der Waals surface area contributed by atoms with Gasteiger partial charge in [0.2, 0.25) is 23.7 Å². The van der Waals surface area contributed by atoms with Crippen LogP contribution in [0.15, 0.2) is 36.5 Å². The molecule has 4 aromatic rings. The maximum absolute atomic E-state index is 14.8. The van der Waals surface area contributed by atoms with Crippen molar-refractivity contribution >= 4 is 69.1 Å². The van der Waals surface area contributed by atoms with E-state index in [9.17, 15) is 18.8 Å². The Morgan fingerprint density at radius 2 is 1.91 bits per heavy atom. The SMILES string of the molecule is C[C@@H]1CN(c2ncc(Cl)c(Nc3cc(F)c4c(c3)CC(=O)N4C)n2)CC[C@H]1Nc1ccc2c([C@@H]3CCC(=O)NC3=O)nn(C)c2c1. The lowest BCUT2D eigenvalue weighted by Crippen LogP contribution is -2.46. The number of nitrogens with zero attached hydrogens (tertiary/aromatic N) is 6. The fraction of sp³-hybridized carbons (Fsp3) is 0.375. The average molecular weight is 646 g/mol. The van der Waals surface area contributed by atoms with Crippen molar-refractivity contribution in [3.63, 3.8) is 0 Å². The number of likely N-dealkylation sites (N-methyl/N-ethyl adjacent to an activating group) is 1. The van der Waals surface area contributed by atoms with E-state index in [4.69, 9.17) is 11.6 Å². The van der Waals surface area contributed by atoms with Gasteiger partial charge in [0, 0.05) is 56.4 Å². The Kier molecular flexibility index (Phi) is 7.50. The smallest absolute Gasteiger partial charge is 0.235 e.